The van der Waals surface area contributed by atoms with Gasteiger partial charge >= 0.3 is 0 Å². The van der Waals surface area contributed by atoms with Gasteiger partial charge in [-0.25, -0.2) is 0 Å². The summed E-state index contributed by atoms with van der Waals surface area (Å²) in [7, 11) is 0. The van der Waals surface area contributed by atoms with E-state index in [1.807, 2.05) is 23.9 Å². The van der Waals surface area contributed by atoms with Gasteiger partial charge in [-0.1, -0.05) is 13.8 Å². The summed E-state index contributed by atoms with van der Waals surface area (Å²) in [6, 6.07) is 8.12. The molecule has 0 saturated carbocycles. The van der Waals surface area contributed by atoms with E-state index in [4.69, 9.17) is 0 Å². The lowest BCUT2D eigenvalue weighted by Crippen LogP contribution is -2.34. The summed E-state index contributed by atoms with van der Waals surface area (Å²) in [5.74, 6) is 0.316. The molecule has 1 aromatic carbocycles. The zero-order valence-electron chi connectivity index (χ0n) is 11.6. The average Bonchev–Trinajstić information content (AvgIpc) is 2.41. The summed E-state index contributed by atoms with van der Waals surface area (Å²) in [6.07, 6.45) is 1.88. The number of carbonyl (C=O) groups excluding carboxylic acids is 1. The molecule has 0 unspecified atom stereocenters. The van der Waals surface area contributed by atoms with Gasteiger partial charge in [0.1, 0.15) is 0 Å². The predicted octanol–water partition coefficient (Wildman–Crippen LogP) is 3.13. The van der Waals surface area contributed by atoms with Gasteiger partial charge in [0.15, 0.2) is 0 Å². The van der Waals surface area contributed by atoms with Crippen molar-refractivity contribution in [1.29, 1.82) is 0 Å². The maximum atomic E-state index is 12.1. The molecule has 0 aromatic heterocycles. The van der Waals surface area contributed by atoms with Crippen LogP contribution in [0.25, 0.3) is 0 Å². The normalized spacial score (nSPS) is 16.6. The van der Waals surface area contributed by atoms with Crippen LogP contribution in [0.1, 0.15) is 26.7 Å². The molecule has 1 aliphatic rings. The van der Waals surface area contributed by atoms with Crippen LogP contribution in [0.4, 0.5) is 5.69 Å². The summed E-state index contributed by atoms with van der Waals surface area (Å²) in [6.45, 7) is 6.25. The highest BCUT2D eigenvalue weighted by molar-refractivity contribution is 7.99. The molecule has 1 amide bonds. The Morgan fingerprint density at radius 2 is 1.89 bits per heavy atom. The molecule has 0 radical (unpaired) electrons. The molecule has 19 heavy (non-hydrogen) atoms. The fraction of sp³-hybridized carbons (Fsp3) is 0.533. The molecule has 2 rings (SSSR count). The van der Waals surface area contributed by atoms with E-state index in [2.05, 4.69) is 36.6 Å². The van der Waals surface area contributed by atoms with Crippen LogP contribution in [-0.4, -0.2) is 24.2 Å². The number of carbonyl (C=O) groups is 1. The molecule has 1 fully saturated rings. The number of piperidine rings is 1. The molecule has 4 heteroatoms. The predicted molar refractivity (Wildman–Crippen MR) is 81.7 cm³/mol. The smallest absolute Gasteiger partial charge is 0.227 e. The molecule has 104 valence electrons. The largest absolute Gasteiger partial charge is 0.326 e. The fourth-order valence-electron chi connectivity index (χ4n) is 2.22. The Kier molecular flexibility index (Phi) is 5.28. The van der Waals surface area contributed by atoms with Crippen LogP contribution in [0.15, 0.2) is 29.2 Å². The van der Waals surface area contributed by atoms with Crippen molar-refractivity contribution in [2.24, 2.45) is 5.92 Å². The van der Waals surface area contributed by atoms with E-state index in [9.17, 15) is 4.79 Å². The Morgan fingerprint density at radius 3 is 2.47 bits per heavy atom. The second kappa shape index (κ2) is 6.96. The molecule has 0 atom stereocenters. The highest BCUT2D eigenvalue weighted by atomic mass is 32.2. The summed E-state index contributed by atoms with van der Waals surface area (Å²) in [4.78, 5) is 13.3. The molecule has 1 heterocycles. The third-order valence-electron chi connectivity index (χ3n) is 3.20. The van der Waals surface area contributed by atoms with Crippen molar-refractivity contribution in [1.82, 2.24) is 5.32 Å². The van der Waals surface area contributed by atoms with E-state index in [1.165, 1.54) is 4.90 Å². The number of hydrogen-bond acceptors (Lipinski definition) is 3. The van der Waals surface area contributed by atoms with Crippen molar-refractivity contribution < 1.29 is 4.79 Å². The third kappa shape index (κ3) is 4.55. The molecule has 1 aliphatic heterocycles. The lowest BCUT2D eigenvalue weighted by Gasteiger charge is -2.21. The average molecular weight is 278 g/mol. The number of nitrogens with one attached hydrogen (secondary N) is 2. The number of rotatable bonds is 4. The van der Waals surface area contributed by atoms with E-state index in [0.29, 0.717) is 5.25 Å². The zero-order chi connectivity index (χ0) is 13.7. The van der Waals surface area contributed by atoms with Gasteiger partial charge in [0.25, 0.3) is 0 Å². The Labute approximate surface area is 119 Å². The molecule has 0 aliphatic carbocycles. The van der Waals surface area contributed by atoms with Gasteiger partial charge in [-0.05, 0) is 50.2 Å². The highest BCUT2D eigenvalue weighted by Gasteiger charge is 2.20. The van der Waals surface area contributed by atoms with E-state index in [1.54, 1.807) is 0 Å². The van der Waals surface area contributed by atoms with E-state index in [0.717, 1.165) is 31.6 Å². The van der Waals surface area contributed by atoms with Crippen LogP contribution in [-0.2, 0) is 4.79 Å². The number of amides is 1. The van der Waals surface area contributed by atoms with Crippen LogP contribution in [0.5, 0.6) is 0 Å². The van der Waals surface area contributed by atoms with Crippen LogP contribution in [0.2, 0.25) is 0 Å². The first-order valence-electron chi connectivity index (χ1n) is 6.93. The fourth-order valence-corrected chi connectivity index (χ4v) is 3.05. The van der Waals surface area contributed by atoms with E-state index >= 15 is 0 Å². The van der Waals surface area contributed by atoms with Gasteiger partial charge in [-0.3, -0.25) is 4.79 Å². The first-order chi connectivity index (χ1) is 9.15. The number of hydrogen-bond donors (Lipinski definition) is 2. The molecular formula is C15H22N2OS. The molecule has 1 saturated heterocycles. The Balaban J connectivity index is 1.89. The minimum absolute atomic E-state index is 0.158. The van der Waals surface area contributed by atoms with Crippen LogP contribution in [0, 0.1) is 5.92 Å². The quantitative estimate of drug-likeness (QED) is 0.831. The summed E-state index contributed by atoms with van der Waals surface area (Å²) >= 11 is 1.83. The zero-order valence-corrected chi connectivity index (χ0v) is 12.4. The molecular weight excluding hydrogens is 256 g/mol. The molecule has 0 spiro atoms. The summed E-state index contributed by atoms with van der Waals surface area (Å²) in [5, 5.41) is 6.87. The maximum absolute atomic E-state index is 12.1. The molecule has 1 aromatic rings. The summed E-state index contributed by atoms with van der Waals surface area (Å²) in [5.41, 5.74) is 0.900. The van der Waals surface area contributed by atoms with Gasteiger partial charge in [0, 0.05) is 21.8 Å². The third-order valence-corrected chi connectivity index (χ3v) is 4.22. The Hall–Kier alpha value is -1.00. The van der Waals surface area contributed by atoms with Crippen molar-refractivity contribution in [3.8, 4) is 0 Å². The topological polar surface area (TPSA) is 41.1 Å². The second-order valence-corrected chi connectivity index (χ2v) is 6.85. The lowest BCUT2D eigenvalue weighted by atomic mass is 9.97. The number of benzene rings is 1. The van der Waals surface area contributed by atoms with Gasteiger partial charge in [0.05, 0.1) is 0 Å². The monoisotopic (exact) mass is 278 g/mol. The lowest BCUT2D eigenvalue weighted by molar-refractivity contribution is -0.120. The van der Waals surface area contributed by atoms with Gasteiger partial charge in [-0.15, -0.1) is 11.8 Å². The number of anilines is 1. The van der Waals surface area contributed by atoms with Gasteiger partial charge in [0.2, 0.25) is 5.91 Å². The van der Waals surface area contributed by atoms with Gasteiger partial charge in [-0.2, -0.15) is 0 Å². The van der Waals surface area contributed by atoms with Crippen LogP contribution >= 0.6 is 11.8 Å². The van der Waals surface area contributed by atoms with Crippen molar-refractivity contribution >= 4 is 23.4 Å². The van der Waals surface area contributed by atoms with Crippen molar-refractivity contribution in [2.75, 3.05) is 18.4 Å². The van der Waals surface area contributed by atoms with Crippen molar-refractivity contribution in [3.63, 3.8) is 0 Å². The maximum Gasteiger partial charge on any atom is 0.227 e. The van der Waals surface area contributed by atoms with Crippen molar-refractivity contribution in [3.05, 3.63) is 24.3 Å². The van der Waals surface area contributed by atoms with Crippen LogP contribution < -0.4 is 10.6 Å². The SMILES string of the molecule is CC(C)Sc1ccc(NC(=O)C2CCNCC2)cc1. The standard InChI is InChI=1S/C15H22N2OS/c1-11(2)19-14-5-3-13(4-6-14)17-15(18)12-7-9-16-10-8-12/h3-6,11-12,16H,7-10H2,1-2H3,(H,17,18). The molecule has 3 nitrogen and oxygen atoms in total. The summed E-state index contributed by atoms with van der Waals surface area (Å²) < 4.78 is 0. The minimum atomic E-state index is 0.158. The molecule has 2 N–H and O–H groups in total. The number of thioether (sulfide) groups is 1. The van der Waals surface area contributed by atoms with E-state index in [-0.39, 0.29) is 11.8 Å². The van der Waals surface area contributed by atoms with Crippen molar-refractivity contribution in [2.45, 2.75) is 36.8 Å². The van der Waals surface area contributed by atoms with Crippen LogP contribution in [0.3, 0.4) is 0 Å². The van der Waals surface area contributed by atoms with Gasteiger partial charge < -0.3 is 10.6 Å². The Bertz CT molecular complexity index is 411. The highest BCUT2D eigenvalue weighted by Crippen LogP contribution is 2.24. The second-order valence-electron chi connectivity index (χ2n) is 5.20. The van der Waals surface area contributed by atoms with E-state index < -0.39 is 0 Å². The first kappa shape index (κ1) is 14.4. The Morgan fingerprint density at radius 1 is 1.26 bits per heavy atom. The first-order valence-corrected chi connectivity index (χ1v) is 7.81. The minimum Gasteiger partial charge on any atom is -0.326 e. The molecule has 0 bridgehead atoms.